The lowest BCUT2D eigenvalue weighted by Crippen LogP contribution is -2.33. The Kier molecular flexibility index (Phi) is 4.67. The van der Waals surface area contributed by atoms with Gasteiger partial charge in [0.05, 0.1) is 0 Å². The van der Waals surface area contributed by atoms with Crippen LogP contribution >= 0.6 is 0 Å². The highest BCUT2D eigenvalue weighted by molar-refractivity contribution is 5.19. The van der Waals surface area contributed by atoms with Gasteiger partial charge in [0, 0.05) is 12.1 Å². The zero-order valence-corrected chi connectivity index (χ0v) is 12.9. The van der Waals surface area contributed by atoms with Crippen molar-refractivity contribution in [2.45, 2.75) is 65.5 Å². The molecule has 0 heterocycles. The highest BCUT2D eigenvalue weighted by Gasteiger charge is 2.26. The Labute approximate surface area is 118 Å². The van der Waals surface area contributed by atoms with Crippen LogP contribution in [0.3, 0.4) is 0 Å². The third-order valence-electron chi connectivity index (χ3n) is 3.89. The van der Waals surface area contributed by atoms with Crippen molar-refractivity contribution in [3.05, 3.63) is 35.9 Å². The summed E-state index contributed by atoms with van der Waals surface area (Å²) in [6.45, 7) is 9.33. The summed E-state index contributed by atoms with van der Waals surface area (Å²) in [4.78, 5) is 0. The van der Waals surface area contributed by atoms with Crippen LogP contribution in [-0.2, 0) is 0 Å². The summed E-state index contributed by atoms with van der Waals surface area (Å²) >= 11 is 0. The third-order valence-corrected chi connectivity index (χ3v) is 3.89. The Morgan fingerprint density at radius 1 is 1.16 bits per heavy atom. The van der Waals surface area contributed by atoms with E-state index in [9.17, 15) is 0 Å². The van der Waals surface area contributed by atoms with Gasteiger partial charge in [0.2, 0.25) is 0 Å². The molecule has 1 nitrogen and oxygen atoms in total. The molecule has 0 aliphatic heterocycles. The van der Waals surface area contributed by atoms with E-state index in [1.165, 1.54) is 31.2 Å². The summed E-state index contributed by atoms with van der Waals surface area (Å²) < 4.78 is 0. The van der Waals surface area contributed by atoms with Gasteiger partial charge >= 0.3 is 0 Å². The van der Waals surface area contributed by atoms with Crippen LogP contribution in [0, 0.1) is 11.3 Å². The van der Waals surface area contributed by atoms with Gasteiger partial charge in [0.25, 0.3) is 0 Å². The number of rotatable bonds is 6. The maximum Gasteiger partial charge on any atom is 0.0327 e. The highest BCUT2D eigenvalue weighted by atomic mass is 14.9. The molecular formula is C18H29N. The van der Waals surface area contributed by atoms with Gasteiger partial charge in [-0.05, 0) is 36.7 Å². The first-order chi connectivity index (χ1) is 8.94. The molecule has 106 valence electrons. The second kappa shape index (κ2) is 6.09. The minimum absolute atomic E-state index is 0.354. The van der Waals surface area contributed by atoms with E-state index < -0.39 is 0 Å². The minimum Gasteiger partial charge on any atom is -0.307 e. The third kappa shape index (κ3) is 5.36. The first-order valence-corrected chi connectivity index (χ1v) is 7.75. The average molecular weight is 259 g/mol. The van der Waals surface area contributed by atoms with Crippen molar-refractivity contribution in [2.24, 2.45) is 11.3 Å². The van der Waals surface area contributed by atoms with Crippen molar-refractivity contribution >= 4 is 0 Å². The fourth-order valence-corrected chi connectivity index (χ4v) is 2.84. The van der Waals surface area contributed by atoms with Crippen molar-refractivity contribution in [1.29, 1.82) is 0 Å². The molecule has 1 N–H and O–H groups in total. The predicted octanol–water partition coefficient (Wildman–Crippen LogP) is 4.94. The van der Waals surface area contributed by atoms with Gasteiger partial charge < -0.3 is 5.32 Å². The van der Waals surface area contributed by atoms with E-state index in [2.05, 4.69) is 63.3 Å². The van der Waals surface area contributed by atoms with Crippen LogP contribution in [0.2, 0.25) is 0 Å². The largest absolute Gasteiger partial charge is 0.307 e. The molecule has 0 saturated heterocycles. The van der Waals surface area contributed by atoms with Gasteiger partial charge in [0.15, 0.2) is 0 Å². The summed E-state index contributed by atoms with van der Waals surface area (Å²) in [7, 11) is 0. The maximum atomic E-state index is 3.86. The number of hydrogen-bond donors (Lipinski definition) is 1. The van der Waals surface area contributed by atoms with Crippen molar-refractivity contribution in [2.75, 3.05) is 0 Å². The van der Waals surface area contributed by atoms with Gasteiger partial charge in [-0.3, -0.25) is 0 Å². The zero-order valence-electron chi connectivity index (χ0n) is 12.9. The summed E-state index contributed by atoms with van der Waals surface area (Å²) in [5.74, 6) is 0.994. The van der Waals surface area contributed by atoms with Gasteiger partial charge in [-0.1, -0.05) is 63.9 Å². The monoisotopic (exact) mass is 259 g/mol. The molecule has 1 aromatic carbocycles. The first-order valence-electron chi connectivity index (χ1n) is 7.75. The lowest BCUT2D eigenvalue weighted by atomic mass is 9.85. The van der Waals surface area contributed by atoms with Gasteiger partial charge in [-0.25, -0.2) is 0 Å². The topological polar surface area (TPSA) is 12.0 Å². The Balaban J connectivity index is 2.00. The Hall–Kier alpha value is -0.820. The molecule has 1 fully saturated rings. The van der Waals surface area contributed by atoms with E-state index in [0.29, 0.717) is 17.5 Å². The predicted molar refractivity (Wildman–Crippen MR) is 83.2 cm³/mol. The molecule has 19 heavy (non-hydrogen) atoms. The van der Waals surface area contributed by atoms with Crippen molar-refractivity contribution in [3.8, 4) is 0 Å². The van der Waals surface area contributed by atoms with E-state index in [-0.39, 0.29) is 0 Å². The molecule has 1 heteroatoms. The molecule has 0 spiro atoms. The minimum atomic E-state index is 0.354. The number of nitrogens with one attached hydrogen (secondary N) is 1. The van der Waals surface area contributed by atoms with Crippen LogP contribution in [0.25, 0.3) is 0 Å². The van der Waals surface area contributed by atoms with Crippen LogP contribution in [0.15, 0.2) is 30.3 Å². The summed E-state index contributed by atoms with van der Waals surface area (Å²) in [5.41, 5.74) is 1.78. The molecule has 0 amide bonds. The molecule has 0 radical (unpaired) electrons. The molecule has 1 aliphatic carbocycles. The molecule has 2 unspecified atom stereocenters. The van der Waals surface area contributed by atoms with Crippen LogP contribution in [0.1, 0.15) is 65.0 Å². The Morgan fingerprint density at radius 3 is 2.32 bits per heavy atom. The van der Waals surface area contributed by atoms with Gasteiger partial charge in [-0.2, -0.15) is 0 Å². The van der Waals surface area contributed by atoms with Gasteiger partial charge in [-0.15, -0.1) is 0 Å². The fourth-order valence-electron chi connectivity index (χ4n) is 2.84. The van der Waals surface area contributed by atoms with Crippen LogP contribution in [-0.4, -0.2) is 6.04 Å². The smallest absolute Gasteiger partial charge is 0.0327 e. The SMILES string of the molecule is CC(CC1CC1)NC(CC(C)(C)C)c1ccccc1. The molecule has 0 bridgehead atoms. The van der Waals surface area contributed by atoms with Crippen molar-refractivity contribution < 1.29 is 0 Å². The number of benzene rings is 1. The van der Waals surface area contributed by atoms with Crippen molar-refractivity contribution in [1.82, 2.24) is 5.32 Å². The van der Waals surface area contributed by atoms with E-state index in [1.54, 1.807) is 0 Å². The lowest BCUT2D eigenvalue weighted by Gasteiger charge is -2.30. The molecule has 1 saturated carbocycles. The lowest BCUT2D eigenvalue weighted by molar-refractivity contribution is 0.290. The maximum absolute atomic E-state index is 3.86. The van der Waals surface area contributed by atoms with Crippen LogP contribution in [0.5, 0.6) is 0 Å². The van der Waals surface area contributed by atoms with Crippen molar-refractivity contribution in [3.63, 3.8) is 0 Å². The van der Waals surface area contributed by atoms with E-state index in [0.717, 1.165) is 5.92 Å². The van der Waals surface area contributed by atoms with E-state index >= 15 is 0 Å². The van der Waals surface area contributed by atoms with E-state index in [4.69, 9.17) is 0 Å². The van der Waals surface area contributed by atoms with Gasteiger partial charge in [0.1, 0.15) is 0 Å². The fraction of sp³-hybridized carbons (Fsp3) is 0.667. The summed E-state index contributed by atoms with van der Waals surface area (Å²) in [6.07, 6.45) is 5.42. The first kappa shape index (κ1) is 14.6. The number of hydrogen-bond acceptors (Lipinski definition) is 1. The molecule has 2 atom stereocenters. The molecule has 1 aliphatic rings. The Bertz CT molecular complexity index is 372. The zero-order chi connectivity index (χ0) is 13.9. The highest BCUT2D eigenvalue weighted by Crippen LogP contribution is 2.35. The molecule has 0 aromatic heterocycles. The van der Waals surface area contributed by atoms with Crippen LogP contribution in [0.4, 0.5) is 0 Å². The Morgan fingerprint density at radius 2 is 1.79 bits per heavy atom. The normalized spacial score (nSPS) is 19.2. The second-order valence-corrected chi connectivity index (χ2v) is 7.47. The molecule has 2 rings (SSSR count). The summed E-state index contributed by atoms with van der Waals surface area (Å²) in [6, 6.07) is 12.0. The average Bonchev–Trinajstić information content (AvgIpc) is 3.11. The quantitative estimate of drug-likeness (QED) is 0.763. The molecular weight excluding hydrogens is 230 g/mol. The summed E-state index contributed by atoms with van der Waals surface area (Å²) in [5, 5.41) is 3.86. The second-order valence-electron chi connectivity index (χ2n) is 7.47. The molecule has 1 aromatic rings. The standard InChI is InChI=1S/C18H29N/c1-14(12-15-10-11-15)19-17(13-18(2,3)4)16-8-6-5-7-9-16/h5-9,14-15,17,19H,10-13H2,1-4H3. The van der Waals surface area contributed by atoms with Crippen LogP contribution < -0.4 is 5.32 Å². The van der Waals surface area contributed by atoms with E-state index in [1.807, 2.05) is 0 Å².